The number of hydrogen-bond acceptors (Lipinski definition) is 4. The molecule has 3 fully saturated rings. The zero-order valence-corrected chi connectivity index (χ0v) is 15.6. The van der Waals surface area contributed by atoms with Gasteiger partial charge in [-0.25, -0.2) is 13.1 Å². The van der Waals surface area contributed by atoms with Gasteiger partial charge in [0.05, 0.1) is 4.90 Å². The summed E-state index contributed by atoms with van der Waals surface area (Å²) in [5, 5.41) is 0. The SMILES string of the molecule is Cl.NC1CCC2CN(C(=O)c3ccc(S(=O)(=O)NC4CC4)cc3)CC12. The largest absolute Gasteiger partial charge is 0.338 e. The molecule has 1 aromatic rings. The van der Waals surface area contributed by atoms with Crippen LogP contribution in [0.1, 0.15) is 36.0 Å². The van der Waals surface area contributed by atoms with Crippen LogP contribution in [0.5, 0.6) is 0 Å². The summed E-state index contributed by atoms with van der Waals surface area (Å²) in [6.07, 6.45) is 3.95. The number of halogens is 1. The Morgan fingerprint density at radius 3 is 2.36 bits per heavy atom. The molecule has 0 aromatic heterocycles. The Morgan fingerprint density at radius 1 is 1.08 bits per heavy atom. The highest BCUT2D eigenvalue weighted by atomic mass is 35.5. The van der Waals surface area contributed by atoms with Crippen LogP contribution in [0.3, 0.4) is 0 Å². The fourth-order valence-corrected chi connectivity index (χ4v) is 5.23. The highest BCUT2D eigenvalue weighted by Gasteiger charge is 2.42. The van der Waals surface area contributed by atoms with Gasteiger partial charge in [-0.2, -0.15) is 0 Å². The van der Waals surface area contributed by atoms with Gasteiger partial charge in [0.15, 0.2) is 0 Å². The molecule has 0 bridgehead atoms. The lowest BCUT2D eigenvalue weighted by molar-refractivity contribution is 0.0779. The van der Waals surface area contributed by atoms with Crippen LogP contribution in [0.25, 0.3) is 0 Å². The van der Waals surface area contributed by atoms with Crippen LogP contribution in [-0.2, 0) is 10.0 Å². The molecule has 2 saturated carbocycles. The highest BCUT2D eigenvalue weighted by molar-refractivity contribution is 7.89. The van der Waals surface area contributed by atoms with E-state index < -0.39 is 10.0 Å². The van der Waals surface area contributed by atoms with E-state index in [0.29, 0.717) is 23.9 Å². The molecule has 4 rings (SSSR count). The summed E-state index contributed by atoms with van der Waals surface area (Å²) in [7, 11) is -3.47. The number of nitrogens with zero attached hydrogens (tertiary/aromatic N) is 1. The van der Waals surface area contributed by atoms with Crippen LogP contribution in [-0.4, -0.2) is 44.4 Å². The van der Waals surface area contributed by atoms with Crippen molar-refractivity contribution in [1.82, 2.24) is 9.62 Å². The highest BCUT2D eigenvalue weighted by Crippen LogP contribution is 2.37. The first-order valence-corrected chi connectivity index (χ1v) is 10.1. The number of nitrogens with two attached hydrogens (primary N) is 1. The van der Waals surface area contributed by atoms with Gasteiger partial charge in [0, 0.05) is 30.7 Å². The van der Waals surface area contributed by atoms with Crippen molar-refractivity contribution in [3.05, 3.63) is 29.8 Å². The van der Waals surface area contributed by atoms with Gasteiger partial charge in [-0.3, -0.25) is 4.79 Å². The third kappa shape index (κ3) is 3.69. The summed E-state index contributed by atoms with van der Waals surface area (Å²) in [6, 6.07) is 6.52. The maximum absolute atomic E-state index is 12.7. The van der Waals surface area contributed by atoms with Crippen molar-refractivity contribution in [3.63, 3.8) is 0 Å². The summed E-state index contributed by atoms with van der Waals surface area (Å²) in [4.78, 5) is 14.7. The first kappa shape index (κ1) is 18.6. The van der Waals surface area contributed by atoms with Crippen molar-refractivity contribution in [3.8, 4) is 0 Å². The van der Waals surface area contributed by atoms with Gasteiger partial charge in [0.2, 0.25) is 10.0 Å². The molecule has 1 aromatic carbocycles. The Balaban J connectivity index is 0.00000182. The van der Waals surface area contributed by atoms with Crippen molar-refractivity contribution in [2.24, 2.45) is 17.6 Å². The van der Waals surface area contributed by atoms with E-state index in [1.54, 1.807) is 12.1 Å². The molecule has 0 spiro atoms. The van der Waals surface area contributed by atoms with E-state index in [1.807, 2.05) is 4.90 Å². The lowest BCUT2D eigenvalue weighted by Gasteiger charge is -2.19. The van der Waals surface area contributed by atoms with Crippen LogP contribution in [0, 0.1) is 11.8 Å². The Bertz CT molecular complexity index is 749. The molecule has 1 heterocycles. The molecule has 2 aliphatic carbocycles. The van der Waals surface area contributed by atoms with Crippen LogP contribution in [0.15, 0.2) is 29.2 Å². The van der Waals surface area contributed by atoms with Crippen LogP contribution >= 0.6 is 12.4 Å². The van der Waals surface area contributed by atoms with E-state index in [0.717, 1.165) is 32.2 Å². The third-order valence-electron chi connectivity index (χ3n) is 5.51. The lowest BCUT2D eigenvalue weighted by atomic mass is 9.98. The van der Waals surface area contributed by atoms with Crippen LogP contribution in [0.2, 0.25) is 0 Å². The topological polar surface area (TPSA) is 92.5 Å². The third-order valence-corrected chi connectivity index (χ3v) is 7.05. The zero-order chi connectivity index (χ0) is 16.9. The number of carbonyl (C=O) groups is 1. The number of fused-ring (bicyclic) bond motifs is 1. The summed E-state index contributed by atoms with van der Waals surface area (Å²) in [5.74, 6) is 0.901. The van der Waals surface area contributed by atoms with Gasteiger partial charge in [-0.15, -0.1) is 12.4 Å². The summed E-state index contributed by atoms with van der Waals surface area (Å²) in [6.45, 7) is 1.48. The number of rotatable bonds is 4. The molecule has 3 atom stereocenters. The molecule has 3 N–H and O–H groups in total. The molecular formula is C17H24ClN3O3S. The molecule has 3 aliphatic rings. The first-order valence-electron chi connectivity index (χ1n) is 8.61. The van der Waals surface area contributed by atoms with Gasteiger partial charge in [-0.05, 0) is 61.8 Å². The zero-order valence-electron chi connectivity index (χ0n) is 13.9. The summed E-state index contributed by atoms with van der Waals surface area (Å²) in [5.41, 5.74) is 6.66. The van der Waals surface area contributed by atoms with Crippen molar-refractivity contribution in [1.29, 1.82) is 0 Å². The molecule has 1 amide bonds. The minimum absolute atomic E-state index is 0. The summed E-state index contributed by atoms with van der Waals surface area (Å²) >= 11 is 0. The van der Waals surface area contributed by atoms with Gasteiger partial charge in [0.25, 0.3) is 5.91 Å². The van der Waals surface area contributed by atoms with Crippen LogP contribution < -0.4 is 10.5 Å². The number of sulfonamides is 1. The number of carbonyl (C=O) groups excluding carboxylic acids is 1. The van der Waals surface area contributed by atoms with E-state index in [4.69, 9.17) is 5.73 Å². The number of amides is 1. The predicted octanol–water partition coefficient (Wildman–Crippen LogP) is 1.36. The molecule has 3 unspecified atom stereocenters. The Kier molecular flexibility index (Phi) is 5.12. The maximum Gasteiger partial charge on any atom is 0.253 e. The molecular weight excluding hydrogens is 362 g/mol. The van der Waals surface area contributed by atoms with Crippen LogP contribution in [0.4, 0.5) is 0 Å². The fraction of sp³-hybridized carbons (Fsp3) is 0.588. The van der Waals surface area contributed by atoms with E-state index in [1.165, 1.54) is 12.1 Å². The van der Waals surface area contributed by atoms with E-state index in [9.17, 15) is 13.2 Å². The van der Waals surface area contributed by atoms with Crippen molar-refractivity contribution in [2.45, 2.75) is 42.7 Å². The number of likely N-dealkylation sites (tertiary alicyclic amines) is 1. The normalized spacial score (nSPS) is 28.5. The maximum atomic E-state index is 12.7. The second-order valence-electron chi connectivity index (χ2n) is 7.30. The second-order valence-corrected chi connectivity index (χ2v) is 9.01. The minimum Gasteiger partial charge on any atom is -0.338 e. The Labute approximate surface area is 154 Å². The van der Waals surface area contributed by atoms with Crippen molar-refractivity contribution < 1.29 is 13.2 Å². The van der Waals surface area contributed by atoms with Gasteiger partial charge < -0.3 is 10.6 Å². The molecule has 138 valence electrons. The standard InChI is InChI=1S/C17H23N3O3S.ClH/c18-16-8-3-12-9-20(10-15(12)16)17(21)11-1-6-14(7-2-11)24(22,23)19-13-4-5-13;/h1-2,6-7,12-13,15-16,19H,3-5,8-10,18H2;1H. The molecule has 1 saturated heterocycles. The molecule has 25 heavy (non-hydrogen) atoms. The van der Waals surface area contributed by atoms with E-state index in [-0.39, 0.29) is 35.3 Å². The minimum atomic E-state index is -3.47. The summed E-state index contributed by atoms with van der Waals surface area (Å²) < 4.78 is 27.0. The molecule has 6 nitrogen and oxygen atoms in total. The smallest absolute Gasteiger partial charge is 0.253 e. The first-order chi connectivity index (χ1) is 11.4. The monoisotopic (exact) mass is 385 g/mol. The Hall–Kier alpha value is -1.15. The Morgan fingerprint density at radius 2 is 1.76 bits per heavy atom. The van der Waals surface area contributed by atoms with Gasteiger partial charge in [-0.1, -0.05) is 0 Å². The van der Waals surface area contributed by atoms with E-state index >= 15 is 0 Å². The number of hydrogen-bond donors (Lipinski definition) is 2. The van der Waals surface area contributed by atoms with E-state index in [2.05, 4.69) is 4.72 Å². The number of benzene rings is 1. The molecule has 1 aliphatic heterocycles. The predicted molar refractivity (Wildman–Crippen MR) is 97.1 cm³/mol. The second kappa shape index (κ2) is 6.87. The van der Waals surface area contributed by atoms with Gasteiger partial charge >= 0.3 is 0 Å². The molecule has 0 radical (unpaired) electrons. The van der Waals surface area contributed by atoms with Crippen molar-refractivity contribution >= 4 is 28.3 Å². The van der Waals surface area contributed by atoms with Crippen molar-refractivity contribution in [2.75, 3.05) is 13.1 Å². The quantitative estimate of drug-likeness (QED) is 0.818. The average molecular weight is 386 g/mol. The average Bonchev–Trinajstić information content (AvgIpc) is 3.15. The molecule has 8 heteroatoms. The van der Waals surface area contributed by atoms with Gasteiger partial charge in [0.1, 0.15) is 0 Å². The number of nitrogens with one attached hydrogen (secondary N) is 1. The lowest BCUT2D eigenvalue weighted by Crippen LogP contribution is -2.33. The fourth-order valence-electron chi connectivity index (χ4n) is 3.92.